The van der Waals surface area contributed by atoms with Gasteiger partial charge in [0.25, 0.3) is 0 Å². The maximum atomic E-state index is 13.4. The molecule has 0 aliphatic carbocycles. The number of nitrogens with zero attached hydrogens (tertiary/aromatic N) is 2. The first kappa shape index (κ1) is 21.6. The van der Waals surface area contributed by atoms with Gasteiger partial charge in [0.1, 0.15) is 23.9 Å². The van der Waals surface area contributed by atoms with Gasteiger partial charge in [-0.15, -0.1) is 0 Å². The zero-order chi connectivity index (χ0) is 22.8. The summed E-state index contributed by atoms with van der Waals surface area (Å²) in [6, 6.07) is 14.5. The summed E-state index contributed by atoms with van der Waals surface area (Å²) in [7, 11) is 4.38. The SMILES string of the molecule is COC(=O)Cn1c2c(sc1=O)[C@H](c1cccc(OC)c1)CC(=O)N2c1cccc(OC)c1. The van der Waals surface area contributed by atoms with Crippen LogP contribution in [0.25, 0.3) is 0 Å². The molecule has 0 unspecified atom stereocenters. The molecule has 9 heteroatoms. The van der Waals surface area contributed by atoms with Crippen LogP contribution in [-0.2, 0) is 20.9 Å². The molecule has 8 nitrogen and oxygen atoms in total. The largest absolute Gasteiger partial charge is 0.497 e. The van der Waals surface area contributed by atoms with Gasteiger partial charge >= 0.3 is 10.8 Å². The summed E-state index contributed by atoms with van der Waals surface area (Å²) in [6.45, 7) is -0.292. The number of ether oxygens (including phenoxy) is 3. The van der Waals surface area contributed by atoms with E-state index >= 15 is 0 Å². The van der Waals surface area contributed by atoms with Gasteiger partial charge in [-0.3, -0.25) is 23.9 Å². The van der Waals surface area contributed by atoms with Crippen LogP contribution in [0.5, 0.6) is 11.5 Å². The van der Waals surface area contributed by atoms with E-state index in [1.807, 2.05) is 24.3 Å². The van der Waals surface area contributed by atoms with Gasteiger partial charge in [-0.25, -0.2) is 0 Å². The summed E-state index contributed by atoms with van der Waals surface area (Å²) >= 11 is 1.03. The Kier molecular flexibility index (Phi) is 6.00. The van der Waals surface area contributed by atoms with Crippen LogP contribution in [0.4, 0.5) is 11.5 Å². The summed E-state index contributed by atoms with van der Waals surface area (Å²) in [5.41, 5.74) is 1.41. The lowest BCUT2D eigenvalue weighted by Crippen LogP contribution is -2.36. The van der Waals surface area contributed by atoms with Crippen molar-refractivity contribution < 1.29 is 23.8 Å². The number of amides is 1. The summed E-state index contributed by atoms with van der Waals surface area (Å²) < 4.78 is 16.7. The van der Waals surface area contributed by atoms with Gasteiger partial charge in [-0.05, 0) is 29.8 Å². The van der Waals surface area contributed by atoms with Gasteiger partial charge in [-0.1, -0.05) is 29.5 Å². The number of rotatable bonds is 6. The quantitative estimate of drug-likeness (QED) is 0.531. The van der Waals surface area contributed by atoms with E-state index in [0.29, 0.717) is 27.9 Å². The van der Waals surface area contributed by atoms with Crippen molar-refractivity contribution in [2.45, 2.75) is 18.9 Å². The molecule has 1 aliphatic heterocycles. The number of thiazole rings is 1. The minimum absolute atomic E-state index is 0.162. The van der Waals surface area contributed by atoms with Crippen LogP contribution in [0, 0.1) is 0 Å². The topological polar surface area (TPSA) is 87.1 Å². The molecule has 0 bridgehead atoms. The first-order chi connectivity index (χ1) is 15.5. The van der Waals surface area contributed by atoms with E-state index in [4.69, 9.17) is 14.2 Å². The van der Waals surface area contributed by atoms with Gasteiger partial charge in [0.15, 0.2) is 0 Å². The van der Waals surface area contributed by atoms with Crippen molar-refractivity contribution in [3.8, 4) is 11.5 Å². The highest BCUT2D eigenvalue weighted by Gasteiger charge is 2.38. The number of methoxy groups -OCH3 is 3. The van der Waals surface area contributed by atoms with Crippen LogP contribution < -0.4 is 19.2 Å². The van der Waals surface area contributed by atoms with Gasteiger partial charge in [0.05, 0.1) is 31.9 Å². The van der Waals surface area contributed by atoms with Gasteiger partial charge in [0, 0.05) is 18.4 Å². The minimum atomic E-state index is -0.575. The van der Waals surface area contributed by atoms with Crippen molar-refractivity contribution in [3.05, 3.63) is 68.6 Å². The van der Waals surface area contributed by atoms with Crippen molar-refractivity contribution in [2.75, 3.05) is 26.2 Å². The Morgan fingerprint density at radius 2 is 1.72 bits per heavy atom. The maximum Gasteiger partial charge on any atom is 0.325 e. The Morgan fingerprint density at radius 1 is 1.03 bits per heavy atom. The third-order valence-electron chi connectivity index (χ3n) is 5.37. The van der Waals surface area contributed by atoms with E-state index in [2.05, 4.69) is 0 Å². The van der Waals surface area contributed by atoms with E-state index in [-0.39, 0.29) is 29.7 Å². The van der Waals surface area contributed by atoms with Crippen LogP contribution >= 0.6 is 11.3 Å². The van der Waals surface area contributed by atoms with Crippen LogP contribution in [0.1, 0.15) is 22.8 Å². The summed E-state index contributed by atoms with van der Waals surface area (Å²) in [4.78, 5) is 40.3. The number of esters is 1. The highest BCUT2D eigenvalue weighted by molar-refractivity contribution is 7.10. The molecule has 1 aromatic heterocycles. The monoisotopic (exact) mass is 454 g/mol. The Hall–Kier alpha value is -3.59. The van der Waals surface area contributed by atoms with Crippen molar-refractivity contribution >= 4 is 34.7 Å². The number of benzene rings is 2. The molecule has 1 aliphatic rings. The summed E-state index contributed by atoms with van der Waals surface area (Å²) in [6.07, 6.45) is 0.162. The molecule has 0 radical (unpaired) electrons. The Labute approximate surface area is 188 Å². The Morgan fingerprint density at radius 3 is 2.41 bits per heavy atom. The average molecular weight is 455 g/mol. The summed E-state index contributed by atoms with van der Waals surface area (Å²) in [5, 5.41) is 0. The molecule has 3 aromatic rings. The zero-order valence-electron chi connectivity index (χ0n) is 17.9. The highest BCUT2D eigenvalue weighted by Crippen LogP contribution is 2.45. The lowest BCUT2D eigenvalue weighted by Gasteiger charge is -2.32. The zero-order valence-corrected chi connectivity index (χ0v) is 18.7. The number of hydrogen-bond acceptors (Lipinski definition) is 7. The molecule has 2 aromatic carbocycles. The molecule has 0 saturated carbocycles. The van der Waals surface area contributed by atoms with E-state index in [1.54, 1.807) is 38.5 Å². The second kappa shape index (κ2) is 8.88. The molecular weight excluding hydrogens is 432 g/mol. The van der Waals surface area contributed by atoms with E-state index in [1.165, 1.54) is 16.6 Å². The predicted molar refractivity (Wildman–Crippen MR) is 120 cm³/mol. The third kappa shape index (κ3) is 3.87. The van der Waals surface area contributed by atoms with Crippen LogP contribution in [0.2, 0.25) is 0 Å². The fraction of sp³-hybridized carbons (Fsp3) is 0.261. The minimum Gasteiger partial charge on any atom is -0.497 e. The highest BCUT2D eigenvalue weighted by atomic mass is 32.1. The molecule has 0 N–H and O–H groups in total. The van der Waals surface area contributed by atoms with Crippen molar-refractivity contribution in [3.63, 3.8) is 0 Å². The van der Waals surface area contributed by atoms with Crippen molar-refractivity contribution in [2.24, 2.45) is 0 Å². The van der Waals surface area contributed by atoms with E-state index in [9.17, 15) is 14.4 Å². The second-order valence-electron chi connectivity index (χ2n) is 7.18. The first-order valence-electron chi connectivity index (χ1n) is 9.88. The number of carbonyl (C=O) groups is 2. The first-order valence-corrected chi connectivity index (χ1v) is 10.7. The smallest absolute Gasteiger partial charge is 0.325 e. The molecular formula is C23H22N2O6S. The molecule has 166 valence electrons. The molecule has 32 heavy (non-hydrogen) atoms. The van der Waals surface area contributed by atoms with Gasteiger partial charge < -0.3 is 14.2 Å². The fourth-order valence-corrected chi connectivity index (χ4v) is 4.93. The van der Waals surface area contributed by atoms with Crippen LogP contribution in [-0.4, -0.2) is 37.8 Å². The lowest BCUT2D eigenvalue weighted by atomic mass is 9.90. The number of aromatic nitrogens is 1. The molecule has 0 spiro atoms. The summed E-state index contributed by atoms with van der Waals surface area (Å²) in [5.74, 6) is 0.495. The normalized spacial score (nSPS) is 15.3. The lowest BCUT2D eigenvalue weighted by molar-refractivity contribution is -0.141. The molecule has 1 atom stereocenters. The maximum absolute atomic E-state index is 13.4. The molecule has 0 saturated heterocycles. The Bertz CT molecular complexity index is 1230. The predicted octanol–water partition coefficient (Wildman–Crippen LogP) is 3.30. The average Bonchev–Trinajstić information content (AvgIpc) is 3.13. The second-order valence-corrected chi connectivity index (χ2v) is 8.18. The van der Waals surface area contributed by atoms with Crippen LogP contribution in [0.3, 0.4) is 0 Å². The molecule has 0 fully saturated rings. The number of anilines is 2. The number of hydrogen-bond donors (Lipinski definition) is 0. The van der Waals surface area contributed by atoms with Crippen molar-refractivity contribution in [1.29, 1.82) is 0 Å². The number of fused-ring (bicyclic) bond motifs is 1. The fourth-order valence-electron chi connectivity index (χ4n) is 3.83. The van der Waals surface area contributed by atoms with Gasteiger partial charge in [0.2, 0.25) is 5.91 Å². The molecule has 2 heterocycles. The number of carbonyl (C=O) groups excluding carboxylic acids is 2. The van der Waals surface area contributed by atoms with Crippen LogP contribution in [0.15, 0.2) is 53.3 Å². The van der Waals surface area contributed by atoms with E-state index < -0.39 is 5.97 Å². The molecule has 4 rings (SSSR count). The van der Waals surface area contributed by atoms with E-state index in [0.717, 1.165) is 16.9 Å². The molecule has 1 amide bonds. The standard InChI is InChI=1S/C23H22N2O6S/c1-29-16-8-4-6-14(10-16)18-12-19(26)25(15-7-5-9-17(11-15)30-2)22-21(18)32-23(28)24(22)13-20(27)31-3/h4-11,18H,12-13H2,1-3H3/t18-/m0/s1. The van der Waals surface area contributed by atoms with Crippen molar-refractivity contribution in [1.82, 2.24) is 4.57 Å². The van der Waals surface area contributed by atoms with Gasteiger partial charge in [-0.2, -0.15) is 0 Å². The third-order valence-corrected chi connectivity index (χ3v) is 6.45. The Balaban J connectivity index is 1.92.